The lowest BCUT2D eigenvalue weighted by molar-refractivity contribution is -0.188. The van der Waals surface area contributed by atoms with E-state index in [0.717, 1.165) is 18.4 Å². The van der Waals surface area contributed by atoms with E-state index in [0.29, 0.717) is 25.4 Å². The minimum Gasteiger partial charge on any atom is -0.337 e. The molecule has 1 aromatic carbocycles. The molecule has 0 bridgehead atoms. The fourth-order valence-corrected chi connectivity index (χ4v) is 5.69. The number of hydrogen-bond acceptors (Lipinski definition) is 4. The number of amides is 4. The molecule has 1 saturated carbocycles. The van der Waals surface area contributed by atoms with Crippen LogP contribution in [0.1, 0.15) is 57.9 Å². The highest BCUT2D eigenvalue weighted by Gasteiger charge is 2.50. The van der Waals surface area contributed by atoms with Crippen LogP contribution in [0.25, 0.3) is 0 Å². The Morgan fingerprint density at radius 1 is 1.11 bits per heavy atom. The van der Waals surface area contributed by atoms with E-state index in [2.05, 4.69) is 19.2 Å². The number of hydrogen-bond donors (Lipinski definition) is 1. The van der Waals surface area contributed by atoms with Gasteiger partial charge < -0.3 is 15.1 Å². The van der Waals surface area contributed by atoms with Gasteiger partial charge in [0.2, 0.25) is 11.8 Å². The lowest BCUT2D eigenvalue weighted by Gasteiger charge is -2.55. The average Bonchev–Trinajstić information content (AvgIpc) is 2.81. The summed E-state index contributed by atoms with van der Waals surface area (Å²) in [6.45, 7) is 5.37. The summed E-state index contributed by atoms with van der Waals surface area (Å²) in [6, 6.07) is 5.09. The number of likely N-dealkylation sites (N-methyl/N-ethyl adjacent to an activating group) is 1. The molecule has 1 N–H and O–H groups in total. The summed E-state index contributed by atoms with van der Waals surface area (Å²) in [6.07, 6.45) is 5.88. The average molecular weight is 488 g/mol. The molecular weight excluding hydrogens is 449 g/mol. The molecule has 1 aliphatic carbocycles. The van der Waals surface area contributed by atoms with E-state index in [9.17, 15) is 18.8 Å². The number of piperazine rings is 1. The Labute approximate surface area is 207 Å². The maximum atomic E-state index is 13.6. The van der Waals surface area contributed by atoms with Gasteiger partial charge in [-0.15, -0.1) is 0 Å². The molecule has 4 rings (SSSR count). The number of urea groups is 1. The molecule has 2 aliphatic heterocycles. The quantitative estimate of drug-likeness (QED) is 0.669. The van der Waals surface area contributed by atoms with Crippen LogP contribution in [0.4, 0.5) is 9.18 Å². The van der Waals surface area contributed by atoms with Crippen molar-refractivity contribution in [3.05, 3.63) is 35.6 Å². The molecule has 1 aromatic rings. The van der Waals surface area contributed by atoms with Crippen LogP contribution in [0.3, 0.4) is 0 Å². The second-order valence-electron chi connectivity index (χ2n) is 10.6. The lowest BCUT2D eigenvalue weighted by atomic mass is 9.88. The summed E-state index contributed by atoms with van der Waals surface area (Å²) in [5.41, 5.74) is 0.780. The third-order valence-electron chi connectivity index (χ3n) is 7.40. The van der Waals surface area contributed by atoms with Crippen molar-refractivity contribution in [2.45, 2.75) is 71.1 Å². The number of carbonyl (C=O) groups is 3. The fraction of sp³-hybridized carbons (Fsp3) is 0.654. The van der Waals surface area contributed by atoms with Crippen molar-refractivity contribution in [3.63, 3.8) is 0 Å². The van der Waals surface area contributed by atoms with Gasteiger partial charge in [0, 0.05) is 20.1 Å². The Morgan fingerprint density at radius 2 is 1.80 bits per heavy atom. The second-order valence-corrected chi connectivity index (χ2v) is 10.6. The fourth-order valence-electron chi connectivity index (χ4n) is 5.69. The zero-order valence-corrected chi connectivity index (χ0v) is 21.1. The van der Waals surface area contributed by atoms with Crippen LogP contribution in [-0.2, 0) is 16.1 Å². The first-order valence-electron chi connectivity index (χ1n) is 12.9. The Balaban J connectivity index is 1.56. The number of rotatable bonds is 6. The summed E-state index contributed by atoms with van der Waals surface area (Å²) < 4.78 is 13.2. The van der Waals surface area contributed by atoms with E-state index in [1.54, 1.807) is 34.1 Å². The maximum absolute atomic E-state index is 13.6. The van der Waals surface area contributed by atoms with Gasteiger partial charge in [-0.25, -0.2) is 19.2 Å². The first-order chi connectivity index (χ1) is 16.7. The molecule has 2 heterocycles. The summed E-state index contributed by atoms with van der Waals surface area (Å²) in [5, 5.41) is 6.14. The molecule has 0 unspecified atom stereocenters. The molecule has 0 radical (unpaired) electrons. The number of halogens is 1. The monoisotopic (exact) mass is 487 g/mol. The van der Waals surface area contributed by atoms with Crippen LogP contribution in [0.15, 0.2) is 24.3 Å². The van der Waals surface area contributed by atoms with Crippen molar-refractivity contribution >= 4 is 17.8 Å². The van der Waals surface area contributed by atoms with Crippen molar-refractivity contribution in [2.75, 3.05) is 26.7 Å². The molecule has 3 fully saturated rings. The first kappa shape index (κ1) is 25.4. The van der Waals surface area contributed by atoms with Crippen LogP contribution in [0, 0.1) is 17.7 Å². The number of hydrazine groups is 1. The van der Waals surface area contributed by atoms with E-state index in [1.807, 2.05) is 4.90 Å². The normalized spacial score (nSPS) is 24.2. The molecule has 192 valence electrons. The van der Waals surface area contributed by atoms with Crippen molar-refractivity contribution in [2.24, 2.45) is 11.8 Å². The molecular formula is C26H38FN5O3. The van der Waals surface area contributed by atoms with Crippen LogP contribution < -0.4 is 5.32 Å². The predicted molar refractivity (Wildman–Crippen MR) is 130 cm³/mol. The topological polar surface area (TPSA) is 76.2 Å². The van der Waals surface area contributed by atoms with E-state index in [1.165, 1.54) is 31.4 Å². The van der Waals surface area contributed by atoms with Crippen LogP contribution in [0.2, 0.25) is 0 Å². The van der Waals surface area contributed by atoms with Crippen molar-refractivity contribution in [1.82, 2.24) is 25.1 Å². The molecule has 0 spiro atoms. The molecule has 8 nitrogen and oxygen atoms in total. The summed E-state index contributed by atoms with van der Waals surface area (Å²) in [4.78, 5) is 43.7. The lowest BCUT2D eigenvalue weighted by Crippen LogP contribution is -2.76. The van der Waals surface area contributed by atoms with Gasteiger partial charge >= 0.3 is 6.03 Å². The zero-order valence-electron chi connectivity index (χ0n) is 21.1. The van der Waals surface area contributed by atoms with Gasteiger partial charge in [0.25, 0.3) is 0 Å². The predicted octanol–water partition coefficient (Wildman–Crippen LogP) is 3.19. The zero-order chi connectivity index (χ0) is 25.1. The van der Waals surface area contributed by atoms with Gasteiger partial charge in [-0.3, -0.25) is 9.59 Å². The SMILES string of the molecule is CC(C)C[C@H]1C(=O)N(CC2CCCCC2)C[C@H]2N1C(=O)CN(C)N2C(=O)NCc1ccc(F)cc1. The summed E-state index contributed by atoms with van der Waals surface area (Å²) >= 11 is 0. The number of carbonyl (C=O) groups excluding carboxylic acids is 3. The van der Waals surface area contributed by atoms with Crippen LogP contribution in [0.5, 0.6) is 0 Å². The van der Waals surface area contributed by atoms with Crippen LogP contribution >= 0.6 is 0 Å². The van der Waals surface area contributed by atoms with Crippen molar-refractivity contribution in [1.29, 1.82) is 0 Å². The first-order valence-corrected chi connectivity index (χ1v) is 12.9. The molecule has 2 saturated heterocycles. The summed E-state index contributed by atoms with van der Waals surface area (Å²) in [7, 11) is 1.73. The Kier molecular flexibility index (Phi) is 7.94. The molecule has 4 amide bonds. The van der Waals surface area contributed by atoms with E-state index in [4.69, 9.17) is 0 Å². The standard InChI is InChI=1S/C26H38FN5O3/c1-18(2)13-22-25(34)30(15-20-7-5-4-6-8-20)16-23-31(22)24(33)17-29(3)32(23)26(35)28-14-19-9-11-21(27)12-10-19/h9-12,18,20,22-23H,4-8,13-17H2,1-3H3,(H,28,35)/t22-,23-/m0/s1. The molecule has 0 aromatic heterocycles. The molecule has 35 heavy (non-hydrogen) atoms. The van der Waals surface area contributed by atoms with Gasteiger partial charge in [0.15, 0.2) is 0 Å². The largest absolute Gasteiger partial charge is 0.337 e. The number of nitrogens with zero attached hydrogens (tertiary/aromatic N) is 4. The number of fused-ring (bicyclic) bond motifs is 1. The van der Waals surface area contributed by atoms with E-state index in [-0.39, 0.29) is 42.7 Å². The Morgan fingerprint density at radius 3 is 2.46 bits per heavy atom. The second kappa shape index (κ2) is 10.9. The van der Waals surface area contributed by atoms with Gasteiger partial charge in [-0.05, 0) is 48.8 Å². The molecule has 3 aliphatic rings. The van der Waals surface area contributed by atoms with E-state index < -0.39 is 12.2 Å². The summed E-state index contributed by atoms with van der Waals surface area (Å²) in [5.74, 6) is 0.247. The number of nitrogens with one attached hydrogen (secondary N) is 1. The van der Waals surface area contributed by atoms with Gasteiger partial charge in [-0.2, -0.15) is 0 Å². The van der Waals surface area contributed by atoms with Crippen LogP contribution in [-0.4, -0.2) is 76.6 Å². The minimum absolute atomic E-state index is 0.00472. The maximum Gasteiger partial charge on any atom is 0.334 e. The van der Waals surface area contributed by atoms with Crippen molar-refractivity contribution < 1.29 is 18.8 Å². The Bertz CT molecular complexity index is 918. The highest BCUT2D eigenvalue weighted by Crippen LogP contribution is 2.31. The van der Waals surface area contributed by atoms with Gasteiger partial charge in [0.1, 0.15) is 18.0 Å². The Hall–Kier alpha value is -2.68. The minimum atomic E-state index is -0.564. The third-order valence-corrected chi connectivity index (χ3v) is 7.40. The van der Waals surface area contributed by atoms with Gasteiger partial charge in [0.05, 0.1) is 13.1 Å². The van der Waals surface area contributed by atoms with E-state index >= 15 is 0 Å². The molecule has 2 atom stereocenters. The van der Waals surface area contributed by atoms with Crippen molar-refractivity contribution in [3.8, 4) is 0 Å². The van der Waals surface area contributed by atoms with Gasteiger partial charge in [-0.1, -0.05) is 45.2 Å². The molecule has 9 heteroatoms. The number of benzene rings is 1. The highest BCUT2D eigenvalue weighted by molar-refractivity contribution is 5.91. The highest BCUT2D eigenvalue weighted by atomic mass is 19.1. The smallest absolute Gasteiger partial charge is 0.334 e. The third kappa shape index (κ3) is 5.77.